The molecule has 3 nitrogen and oxygen atoms in total. The fraction of sp³-hybridized carbons (Fsp3) is 0.600. The largest absolute Gasteiger partial charge is 0.375 e. The van der Waals surface area contributed by atoms with E-state index in [9.17, 15) is 0 Å². The predicted octanol–water partition coefficient (Wildman–Crippen LogP) is 2.95. The van der Waals surface area contributed by atoms with Gasteiger partial charge in [0.05, 0.1) is 12.7 Å². The van der Waals surface area contributed by atoms with Gasteiger partial charge >= 0.3 is 0 Å². The Kier molecular flexibility index (Phi) is 5.25. The number of hydrogen-bond donors (Lipinski definition) is 1. The molecule has 1 fully saturated rings. The Morgan fingerprint density at radius 2 is 2.32 bits per heavy atom. The van der Waals surface area contributed by atoms with Gasteiger partial charge < -0.3 is 15.4 Å². The molecular weight excluding hydrogens is 304 g/mol. The van der Waals surface area contributed by atoms with E-state index in [0.717, 1.165) is 37.0 Å². The fourth-order valence-corrected chi connectivity index (χ4v) is 2.91. The minimum absolute atomic E-state index is 0.241. The standard InChI is InChI=1S/C15H23BrN2O/c1-3-13(17)8-12-4-5-14(9-15(12)16)18-6-7-19-11(2)10-18/h4-5,9,11,13H,3,6-8,10,17H2,1-2H3. The molecule has 0 radical (unpaired) electrons. The summed E-state index contributed by atoms with van der Waals surface area (Å²) in [5.41, 5.74) is 8.58. The molecule has 1 aromatic carbocycles. The van der Waals surface area contributed by atoms with E-state index in [1.54, 1.807) is 0 Å². The first kappa shape index (κ1) is 14.8. The molecular formula is C15H23BrN2O. The average Bonchev–Trinajstić information content (AvgIpc) is 2.41. The Bertz CT molecular complexity index is 425. The topological polar surface area (TPSA) is 38.5 Å². The summed E-state index contributed by atoms with van der Waals surface area (Å²) >= 11 is 3.67. The highest BCUT2D eigenvalue weighted by atomic mass is 79.9. The summed E-state index contributed by atoms with van der Waals surface area (Å²) in [5.74, 6) is 0. The van der Waals surface area contributed by atoms with Gasteiger partial charge in [-0.1, -0.05) is 28.9 Å². The number of benzene rings is 1. The second-order valence-corrected chi connectivity index (χ2v) is 6.13. The summed E-state index contributed by atoms with van der Waals surface area (Å²) in [5, 5.41) is 0. The fourth-order valence-electron chi connectivity index (χ4n) is 2.38. The van der Waals surface area contributed by atoms with Crippen LogP contribution < -0.4 is 10.6 Å². The van der Waals surface area contributed by atoms with Crippen molar-refractivity contribution in [2.24, 2.45) is 5.73 Å². The number of nitrogens with zero attached hydrogens (tertiary/aromatic N) is 1. The zero-order valence-corrected chi connectivity index (χ0v) is 13.3. The lowest BCUT2D eigenvalue weighted by Crippen LogP contribution is -2.41. The third-order valence-electron chi connectivity index (χ3n) is 3.65. The van der Waals surface area contributed by atoms with Crippen LogP contribution in [0, 0.1) is 0 Å². The molecule has 0 aliphatic carbocycles. The molecule has 1 aromatic rings. The van der Waals surface area contributed by atoms with Crippen LogP contribution in [0.4, 0.5) is 5.69 Å². The van der Waals surface area contributed by atoms with E-state index in [1.165, 1.54) is 11.3 Å². The number of nitrogens with two attached hydrogens (primary N) is 1. The van der Waals surface area contributed by atoms with E-state index in [0.29, 0.717) is 6.10 Å². The highest BCUT2D eigenvalue weighted by Crippen LogP contribution is 2.26. The molecule has 1 heterocycles. The molecule has 19 heavy (non-hydrogen) atoms. The molecule has 1 aliphatic heterocycles. The molecule has 4 heteroatoms. The van der Waals surface area contributed by atoms with Crippen LogP contribution in [0.1, 0.15) is 25.8 Å². The van der Waals surface area contributed by atoms with Gasteiger partial charge in [0.15, 0.2) is 0 Å². The molecule has 0 bridgehead atoms. The maximum absolute atomic E-state index is 6.03. The minimum Gasteiger partial charge on any atom is -0.375 e. The monoisotopic (exact) mass is 326 g/mol. The van der Waals surface area contributed by atoms with Crippen molar-refractivity contribution >= 4 is 21.6 Å². The van der Waals surface area contributed by atoms with Crippen molar-refractivity contribution in [3.8, 4) is 0 Å². The van der Waals surface area contributed by atoms with E-state index >= 15 is 0 Å². The first-order valence-electron chi connectivity index (χ1n) is 7.00. The lowest BCUT2D eigenvalue weighted by Gasteiger charge is -2.33. The molecule has 0 spiro atoms. The zero-order valence-electron chi connectivity index (χ0n) is 11.7. The van der Waals surface area contributed by atoms with Crippen molar-refractivity contribution in [3.63, 3.8) is 0 Å². The van der Waals surface area contributed by atoms with E-state index in [-0.39, 0.29) is 6.04 Å². The Morgan fingerprint density at radius 1 is 1.53 bits per heavy atom. The van der Waals surface area contributed by atoms with E-state index in [2.05, 4.69) is 52.9 Å². The van der Waals surface area contributed by atoms with Crippen molar-refractivity contribution in [3.05, 3.63) is 28.2 Å². The van der Waals surface area contributed by atoms with Crippen LogP contribution in [-0.4, -0.2) is 31.8 Å². The van der Waals surface area contributed by atoms with Gasteiger partial charge in [-0.2, -0.15) is 0 Å². The van der Waals surface area contributed by atoms with Gasteiger partial charge in [0.25, 0.3) is 0 Å². The Hall–Kier alpha value is -0.580. The van der Waals surface area contributed by atoms with E-state index < -0.39 is 0 Å². The zero-order chi connectivity index (χ0) is 13.8. The summed E-state index contributed by atoms with van der Waals surface area (Å²) in [6, 6.07) is 6.83. The van der Waals surface area contributed by atoms with Crippen LogP contribution in [-0.2, 0) is 11.2 Å². The summed E-state index contributed by atoms with van der Waals surface area (Å²) in [7, 11) is 0. The Labute approximate surface area is 124 Å². The molecule has 2 N–H and O–H groups in total. The highest BCUT2D eigenvalue weighted by molar-refractivity contribution is 9.10. The number of ether oxygens (including phenoxy) is 1. The average molecular weight is 327 g/mol. The van der Waals surface area contributed by atoms with E-state index in [4.69, 9.17) is 10.5 Å². The van der Waals surface area contributed by atoms with Crippen LogP contribution >= 0.6 is 15.9 Å². The number of anilines is 1. The van der Waals surface area contributed by atoms with Crippen molar-refractivity contribution in [2.75, 3.05) is 24.6 Å². The molecule has 2 unspecified atom stereocenters. The lowest BCUT2D eigenvalue weighted by molar-refractivity contribution is 0.0532. The Balaban J connectivity index is 2.09. The van der Waals surface area contributed by atoms with Crippen LogP contribution in [0.3, 0.4) is 0 Å². The van der Waals surface area contributed by atoms with Crippen LogP contribution in [0.2, 0.25) is 0 Å². The molecule has 0 saturated carbocycles. The van der Waals surface area contributed by atoms with Crippen molar-refractivity contribution in [1.82, 2.24) is 0 Å². The second-order valence-electron chi connectivity index (χ2n) is 5.28. The summed E-state index contributed by atoms with van der Waals surface area (Å²) in [6.45, 7) is 6.98. The first-order chi connectivity index (χ1) is 9.10. The highest BCUT2D eigenvalue weighted by Gasteiger charge is 2.17. The molecule has 0 amide bonds. The number of hydrogen-bond acceptors (Lipinski definition) is 3. The molecule has 1 aliphatic rings. The van der Waals surface area contributed by atoms with Gasteiger partial charge in [-0.25, -0.2) is 0 Å². The predicted molar refractivity (Wildman–Crippen MR) is 83.7 cm³/mol. The smallest absolute Gasteiger partial charge is 0.0722 e. The molecule has 106 valence electrons. The number of rotatable bonds is 4. The van der Waals surface area contributed by atoms with Crippen LogP contribution in [0.5, 0.6) is 0 Å². The van der Waals surface area contributed by atoms with Gasteiger partial charge in [-0.3, -0.25) is 0 Å². The van der Waals surface area contributed by atoms with Gasteiger partial charge in [0.2, 0.25) is 0 Å². The summed E-state index contributed by atoms with van der Waals surface area (Å²) in [4.78, 5) is 2.38. The number of halogens is 1. The normalized spacial score (nSPS) is 21.5. The third kappa shape index (κ3) is 3.94. The van der Waals surface area contributed by atoms with E-state index in [1.807, 2.05) is 0 Å². The first-order valence-corrected chi connectivity index (χ1v) is 7.80. The molecule has 0 aromatic heterocycles. The van der Waals surface area contributed by atoms with Crippen molar-refractivity contribution < 1.29 is 4.74 Å². The van der Waals surface area contributed by atoms with Gasteiger partial charge in [0, 0.05) is 29.3 Å². The Morgan fingerprint density at radius 3 is 2.95 bits per heavy atom. The SMILES string of the molecule is CCC(N)Cc1ccc(N2CCOC(C)C2)cc1Br. The molecule has 2 atom stereocenters. The van der Waals surface area contributed by atoms with Crippen molar-refractivity contribution in [2.45, 2.75) is 38.8 Å². The molecule has 2 rings (SSSR count). The van der Waals surface area contributed by atoms with Gasteiger partial charge in [-0.05, 0) is 37.5 Å². The second kappa shape index (κ2) is 6.73. The third-order valence-corrected chi connectivity index (χ3v) is 4.39. The maximum atomic E-state index is 6.03. The lowest BCUT2D eigenvalue weighted by atomic mass is 10.0. The number of morpholine rings is 1. The molecule has 1 saturated heterocycles. The van der Waals surface area contributed by atoms with Crippen LogP contribution in [0.25, 0.3) is 0 Å². The van der Waals surface area contributed by atoms with Crippen LogP contribution in [0.15, 0.2) is 22.7 Å². The maximum Gasteiger partial charge on any atom is 0.0722 e. The van der Waals surface area contributed by atoms with Crippen molar-refractivity contribution in [1.29, 1.82) is 0 Å². The minimum atomic E-state index is 0.241. The summed E-state index contributed by atoms with van der Waals surface area (Å²) < 4.78 is 6.74. The van der Waals surface area contributed by atoms with Gasteiger partial charge in [0.1, 0.15) is 0 Å². The quantitative estimate of drug-likeness (QED) is 0.924. The van der Waals surface area contributed by atoms with Gasteiger partial charge in [-0.15, -0.1) is 0 Å². The summed E-state index contributed by atoms with van der Waals surface area (Å²) in [6.07, 6.45) is 2.24.